The number of benzene rings is 2. The van der Waals surface area contributed by atoms with Gasteiger partial charge < -0.3 is 10.1 Å². The molecule has 4 rings (SSSR count). The first-order valence-corrected chi connectivity index (χ1v) is 9.80. The number of fused-ring (bicyclic) bond motifs is 1. The molecule has 0 aliphatic carbocycles. The third kappa shape index (κ3) is 4.41. The lowest BCUT2D eigenvalue weighted by Gasteiger charge is -2.10. The number of halogens is 1. The molecule has 10 heteroatoms. The molecule has 0 radical (unpaired) electrons. The SMILES string of the molecule is COc1cccc(Cn2nnc3c(=O)n(CC(=O)Nc4cc(Cl)ccc4C)cnc32)c1. The minimum Gasteiger partial charge on any atom is -0.497 e. The van der Waals surface area contributed by atoms with E-state index in [2.05, 4.69) is 20.6 Å². The largest absolute Gasteiger partial charge is 0.497 e. The molecular weight excluding hydrogens is 420 g/mol. The van der Waals surface area contributed by atoms with Gasteiger partial charge in [0.2, 0.25) is 5.91 Å². The Balaban J connectivity index is 1.55. The van der Waals surface area contributed by atoms with Crippen molar-refractivity contribution in [1.82, 2.24) is 24.5 Å². The standard InChI is InChI=1S/C21H19ClN6O3/c1-13-6-7-15(22)9-17(13)24-18(29)11-27-12-23-20-19(21(27)30)25-26-28(20)10-14-4-3-5-16(8-14)31-2/h3-9,12H,10-11H2,1-2H3,(H,24,29). The molecule has 0 bridgehead atoms. The third-order valence-electron chi connectivity index (χ3n) is 4.75. The molecule has 158 valence electrons. The maximum absolute atomic E-state index is 12.8. The molecular formula is C21H19ClN6O3. The smallest absolute Gasteiger partial charge is 0.283 e. The van der Waals surface area contributed by atoms with Crippen molar-refractivity contribution in [3.8, 4) is 5.75 Å². The van der Waals surface area contributed by atoms with Crippen molar-refractivity contribution in [3.05, 3.63) is 75.3 Å². The zero-order valence-corrected chi connectivity index (χ0v) is 17.6. The fourth-order valence-corrected chi connectivity index (χ4v) is 3.30. The number of aromatic nitrogens is 5. The Bertz CT molecular complexity index is 1330. The van der Waals surface area contributed by atoms with Crippen LogP contribution in [0.25, 0.3) is 11.2 Å². The van der Waals surface area contributed by atoms with E-state index in [0.29, 0.717) is 22.9 Å². The molecule has 4 aromatic rings. The molecule has 0 fully saturated rings. The average Bonchev–Trinajstić information content (AvgIpc) is 3.16. The minimum absolute atomic E-state index is 0.0946. The Morgan fingerprint density at radius 1 is 1.23 bits per heavy atom. The number of ether oxygens (including phenoxy) is 1. The molecule has 2 aromatic carbocycles. The normalized spacial score (nSPS) is 10.9. The van der Waals surface area contributed by atoms with Crippen molar-refractivity contribution in [1.29, 1.82) is 0 Å². The monoisotopic (exact) mass is 438 g/mol. The maximum Gasteiger partial charge on any atom is 0.283 e. The molecule has 1 amide bonds. The highest BCUT2D eigenvalue weighted by molar-refractivity contribution is 6.31. The van der Waals surface area contributed by atoms with Gasteiger partial charge in [0.25, 0.3) is 5.56 Å². The number of carbonyl (C=O) groups excluding carboxylic acids is 1. The number of aryl methyl sites for hydroxylation is 1. The van der Waals surface area contributed by atoms with E-state index in [4.69, 9.17) is 16.3 Å². The number of methoxy groups -OCH3 is 1. The molecule has 1 N–H and O–H groups in total. The number of amides is 1. The summed E-state index contributed by atoms with van der Waals surface area (Å²) in [4.78, 5) is 29.5. The summed E-state index contributed by atoms with van der Waals surface area (Å²) >= 11 is 5.99. The molecule has 0 spiro atoms. The molecule has 31 heavy (non-hydrogen) atoms. The van der Waals surface area contributed by atoms with Gasteiger partial charge in [-0.25, -0.2) is 9.67 Å². The number of hydrogen-bond acceptors (Lipinski definition) is 6. The second-order valence-corrected chi connectivity index (χ2v) is 7.39. The third-order valence-corrected chi connectivity index (χ3v) is 4.98. The number of rotatable bonds is 6. The van der Waals surface area contributed by atoms with Crippen LogP contribution in [0.4, 0.5) is 5.69 Å². The summed E-state index contributed by atoms with van der Waals surface area (Å²) in [6.45, 7) is 2.02. The fraction of sp³-hybridized carbons (Fsp3) is 0.190. The van der Waals surface area contributed by atoms with Crippen LogP contribution >= 0.6 is 11.6 Å². The molecule has 0 atom stereocenters. The Labute approximate surface area is 182 Å². The predicted molar refractivity (Wildman–Crippen MR) is 116 cm³/mol. The second-order valence-electron chi connectivity index (χ2n) is 6.96. The van der Waals surface area contributed by atoms with Crippen LogP contribution in [0, 0.1) is 6.92 Å². The highest BCUT2D eigenvalue weighted by Gasteiger charge is 2.15. The van der Waals surface area contributed by atoms with Gasteiger partial charge in [-0.2, -0.15) is 0 Å². The topological polar surface area (TPSA) is 104 Å². The van der Waals surface area contributed by atoms with Crippen molar-refractivity contribution < 1.29 is 9.53 Å². The van der Waals surface area contributed by atoms with Crippen LogP contribution in [0.3, 0.4) is 0 Å². The summed E-state index contributed by atoms with van der Waals surface area (Å²) in [6.07, 6.45) is 1.32. The molecule has 2 heterocycles. The number of nitrogens with one attached hydrogen (secondary N) is 1. The lowest BCUT2D eigenvalue weighted by atomic mass is 10.2. The summed E-state index contributed by atoms with van der Waals surface area (Å²) in [5.41, 5.74) is 2.36. The lowest BCUT2D eigenvalue weighted by Crippen LogP contribution is -2.28. The van der Waals surface area contributed by atoms with Gasteiger partial charge in [0.15, 0.2) is 11.2 Å². The zero-order valence-electron chi connectivity index (χ0n) is 16.9. The molecule has 0 unspecified atom stereocenters. The molecule has 0 aliphatic rings. The molecule has 0 saturated carbocycles. The van der Waals surface area contributed by atoms with Crippen LogP contribution in [0.15, 0.2) is 53.6 Å². The first-order valence-electron chi connectivity index (χ1n) is 9.42. The van der Waals surface area contributed by atoms with Gasteiger partial charge in [-0.15, -0.1) is 5.10 Å². The van der Waals surface area contributed by atoms with E-state index >= 15 is 0 Å². The number of carbonyl (C=O) groups is 1. The van der Waals surface area contributed by atoms with Gasteiger partial charge in [0.1, 0.15) is 18.6 Å². The van der Waals surface area contributed by atoms with Crippen LogP contribution in [-0.4, -0.2) is 37.6 Å². The summed E-state index contributed by atoms with van der Waals surface area (Å²) < 4.78 is 7.96. The van der Waals surface area contributed by atoms with Crippen LogP contribution in [0.1, 0.15) is 11.1 Å². The Hall–Kier alpha value is -3.72. The van der Waals surface area contributed by atoms with E-state index in [1.165, 1.54) is 15.6 Å². The van der Waals surface area contributed by atoms with Crippen molar-refractivity contribution >= 4 is 34.4 Å². The summed E-state index contributed by atoms with van der Waals surface area (Å²) in [5.74, 6) is 0.343. The highest BCUT2D eigenvalue weighted by atomic mass is 35.5. The molecule has 9 nitrogen and oxygen atoms in total. The van der Waals surface area contributed by atoms with Crippen LogP contribution in [0.5, 0.6) is 5.75 Å². The number of hydrogen-bond donors (Lipinski definition) is 1. The Kier molecular flexibility index (Phi) is 5.68. The Morgan fingerprint density at radius 2 is 2.06 bits per heavy atom. The average molecular weight is 439 g/mol. The van der Waals surface area contributed by atoms with Crippen molar-refractivity contribution in [2.45, 2.75) is 20.0 Å². The highest BCUT2D eigenvalue weighted by Crippen LogP contribution is 2.20. The predicted octanol–water partition coefficient (Wildman–Crippen LogP) is 2.65. The van der Waals surface area contributed by atoms with Gasteiger partial charge in [-0.1, -0.05) is 35.0 Å². The number of anilines is 1. The molecule has 0 saturated heterocycles. The van der Waals surface area contributed by atoms with Gasteiger partial charge in [0, 0.05) is 10.7 Å². The van der Waals surface area contributed by atoms with Crippen LogP contribution in [0.2, 0.25) is 5.02 Å². The zero-order chi connectivity index (χ0) is 22.0. The Morgan fingerprint density at radius 3 is 2.87 bits per heavy atom. The molecule has 2 aromatic heterocycles. The van der Waals surface area contributed by atoms with E-state index in [0.717, 1.165) is 16.9 Å². The van der Waals surface area contributed by atoms with Gasteiger partial charge in [-0.05, 0) is 42.3 Å². The summed E-state index contributed by atoms with van der Waals surface area (Å²) in [6, 6.07) is 12.7. The summed E-state index contributed by atoms with van der Waals surface area (Å²) in [7, 11) is 1.60. The van der Waals surface area contributed by atoms with Crippen LogP contribution < -0.4 is 15.6 Å². The summed E-state index contributed by atoms with van der Waals surface area (Å²) in [5, 5.41) is 11.3. The van der Waals surface area contributed by atoms with Crippen molar-refractivity contribution in [2.75, 3.05) is 12.4 Å². The first-order chi connectivity index (χ1) is 14.9. The maximum atomic E-state index is 12.8. The second kappa shape index (κ2) is 8.57. The quantitative estimate of drug-likeness (QED) is 0.496. The van der Waals surface area contributed by atoms with E-state index in [1.807, 2.05) is 31.2 Å². The van der Waals surface area contributed by atoms with Gasteiger partial charge in [0.05, 0.1) is 13.7 Å². The number of nitrogens with zero attached hydrogens (tertiary/aromatic N) is 5. The lowest BCUT2D eigenvalue weighted by molar-refractivity contribution is -0.116. The van der Waals surface area contributed by atoms with Crippen LogP contribution in [-0.2, 0) is 17.9 Å². The van der Waals surface area contributed by atoms with E-state index in [1.54, 1.807) is 25.3 Å². The van der Waals surface area contributed by atoms with Crippen molar-refractivity contribution in [3.63, 3.8) is 0 Å². The van der Waals surface area contributed by atoms with E-state index in [-0.39, 0.29) is 18.0 Å². The van der Waals surface area contributed by atoms with E-state index < -0.39 is 5.56 Å². The first kappa shape index (κ1) is 20.5. The molecule has 0 aliphatic heterocycles. The minimum atomic E-state index is -0.445. The van der Waals surface area contributed by atoms with Crippen molar-refractivity contribution in [2.24, 2.45) is 0 Å². The fourth-order valence-electron chi connectivity index (χ4n) is 3.12. The van der Waals surface area contributed by atoms with Gasteiger partial charge in [-0.3, -0.25) is 14.2 Å². The van der Waals surface area contributed by atoms with E-state index in [9.17, 15) is 9.59 Å². The van der Waals surface area contributed by atoms with Gasteiger partial charge >= 0.3 is 0 Å².